The first-order chi connectivity index (χ1) is 6.74. The van der Waals surface area contributed by atoms with Gasteiger partial charge in [-0.25, -0.2) is 14.4 Å². The summed E-state index contributed by atoms with van der Waals surface area (Å²) in [6.45, 7) is 1.88. The molecule has 0 aromatic carbocycles. The molecule has 14 heavy (non-hydrogen) atoms. The molecule has 0 spiro atoms. The molecule has 72 valence electrons. The van der Waals surface area contributed by atoms with E-state index in [0.29, 0.717) is 12.0 Å². The van der Waals surface area contributed by atoms with Crippen LogP contribution in [0.15, 0.2) is 23.5 Å². The van der Waals surface area contributed by atoms with Crippen LogP contribution in [0.4, 0.5) is 0 Å². The summed E-state index contributed by atoms with van der Waals surface area (Å²) in [7, 11) is 0. The first-order valence-electron chi connectivity index (χ1n) is 4.27. The molecule has 2 rings (SSSR count). The third-order valence-corrected chi connectivity index (χ3v) is 2.05. The lowest BCUT2D eigenvalue weighted by molar-refractivity contribution is 0.473. The van der Waals surface area contributed by atoms with E-state index in [-0.39, 0.29) is 17.0 Å². The molecule has 0 aliphatic rings. The zero-order valence-electron chi connectivity index (χ0n) is 7.64. The fraction of sp³-hybridized carbons (Fsp3) is 0.222. The fourth-order valence-electron chi connectivity index (χ4n) is 1.27. The van der Waals surface area contributed by atoms with E-state index in [0.717, 1.165) is 0 Å². The molecular weight excluding hydrogens is 182 g/mol. The highest BCUT2D eigenvalue weighted by Gasteiger charge is 2.05. The van der Waals surface area contributed by atoms with E-state index in [4.69, 9.17) is 0 Å². The van der Waals surface area contributed by atoms with Crippen LogP contribution in [0, 0.1) is 0 Å². The third kappa shape index (κ3) is 1.14. The first kappa shape index (κ1) is 8.68. The van der Waals surface area contributed by atoms with E-state index in [1.807, 2.05) is 6.92 Å². The molecule has 2 aromatic heterocycles. The summed E-state index contributed by atoms with van der Waals surface area (Å²) in [5, 5.41) is 9.37. The molecule has 2 heterocycles. The second-order valence-corrected chi connectivity index (χ2v) is 2.91. The predicted octanol–water partition coefficient (Wildman–Crippen LogP) is 0.357. The van der Waals surface area contributed by atoms with Crippen molar-refractivity contribution in [3.63, 3.8) is 0 Å². The van der Waals surface area contributed by atoms with Crippen LogP contribution in [-0.2, 0) is 6.42 Å². The molecule has 0 radical (unpaired) electrons. The number of nitrogens with zero attached hydrogens (tertiary/aromatic N) is 3. The van der Waals surface area contributed by atoms with Crippen LogP contribution in [0.5, 0.6) is 5.75 Å². The number of hydrogen-bond acceptors (Lipinski definition) is 4. The SMILES string of the molecule is CCc1cnc2c(O)cncn2c1=O. The first-order valence-corrected chi connectivity index (χ1v) is 4.27. The van der Waals surface area contributed by atoms with Gasteiger partial charge in [0.15, 0.2) is 11.4 Å². The molecular formula is C9H9N3O2. The molecule has 0 amide bonds. The summed E-state index contributed by atoms with van der Waals surface area (Å²) >= 11 is 0. The van der Waals surface area contributed by atoms with Crippen LogP contribution in [0.1, 0.15) is 12.5 Å². The van der Waals surface area contributed by atoms with E-state index in [2.05, 4.69) is 9.97 Å². The van der Waals surface area contributed by atoms with Gasteiger partial charge in [0.25, 0.3) is 5.56 Å². The van der Waals surface area contributed by atoms with Crippen LogP contribution in [0.2, 0.25) is 0 Å². The van der Waals surface area contributed by atoms with Gasteiger partial charge in [-0.15, -0.1) is 0 Å². The quantitative estimate of drug-likeness (QED) is 0.706. The van der Waals surface area contributed by atoms with Gasteiger partial charge in [-0.3, -0.25) is 4.79 Å². The summed E-state index contributed by atoms with van der Waals surface area (Å²) in [5.74, 6) is -0.0905. The van der Waals surface area contributed by atoms with Crippen molar-refractivity contribution in [1.29, 1.82) is 0 Å². The largest absolute Gasteiger partial charge is 0.503 e. The molecule has 0 bridgehead atoms. The Morgan fingerprint density at radius 2 is 2.29 bits per heavy atom. The normalized spacial score (nSPS) is 10.6. The Hall–Kier alpha value is -1.91. The number of aryl methyl sites for hydroxylation is 1. The maximum absolute atomic E-state index is 11.7. The van der Waals surface area contributed by atoms with Gasteiger partial charge in [-0.1, -0.05) is 6.92 Å². The number of rotatable bonds is 1. The van der Waals surface area contributed by atoms with Gasteiger partial charge < -0.3 is 5.11 Å². The average molecular weight is 191 g/mol. The smallest absolute Gasteiger partial charge is 0.262 e. The number of aromatic nitrogens is 3. The van der Waals surface area contributed by atoms with E-state index in [9.17, 15) is 9.90 Å². The average Bonchev–Trinajstić information content (AvgIpc) is 2.20. The minimum atomic E-state index is -0.180. The van der Waals surface area contributed by atoms with Gasteiger partial charge in [0.1, 0.15) is 6.33 Å². The van der Waals surface area contributed by atoms with Crippen molar-refractivity contribution in [2.24, 2.45) is 0 Å². The Bertz CT molecular complexity index is 533. The zero-order valence-corrected chi connectivity index (χ0v) is 7.64. The summed E-state index contributed by atoms with van der Waals surface area (Å²) < 4.78 is 1.24. The Balaban J connectivity index is 2.91. The lowest BCUT2D eigenvalue weighted by Crippen LogP contribution is -2.19. The minimum absolute atomic E-state index is 0.0905. The second kappa shape index (κ2) is 3.10. The molecule has 2 aromatic rings. The Morgan fingerprint density at radius 1 is 1.50 bits per heavy atom. The Labute approximate surface area is 79.7 Å². The van der Waals surface area contributed by atoms with Crippen LogP contribution >= 0.6 is 0 Å². The van der Waals surface area contributed by atoms with E-state index < -0.39 is 0 Å². The molecule has 0 atom stereocenters. The van der Waals surface area contributed by atoms with Gasteiger partial charge in [-0.2, -0.15) is 0 Å². The van der Waals surface area contributed by atoms with Crippen molar-refractivity contribution in [1.82, 2.24) is 14.4 Å². The zero-order chi connectivity index (χ0) is 10.1. The van der Waals surface area contributed by atoms with Crippen molar-refractivity contribution in [3.05, 3.63) is 34.6 Å². The summed E-state index contributed by atoms with van der Waals surface area (Å²) in [4.78, 5) is 19.4. The Morgan fingerprint density at radius 3 is 3.00 bits per heavy atom. The van der Waals surface area contributed by atoms with Gasteiger partial charge in [0.05, 0.1) is 6.20 Å². The lowest BCUT2D eigenvalue weighted by Gasteiger charge is -2.02. The molecule has 0 fully saturated rings. The van der Waals surface area contributed by atoms with Crippen molar-refractivity contribution >= 4 is 5.65 Å². The highest BCUT2D eigenvalue weighted by molar-refractivity contribution is 5.50. The standard InChI is InChI=1S/C9H9N3O2/c1-2-6-3-11-8-7(13)4-10-5-12(8)9(6)14/h3-5,13H,2H2,1H3. The molecule has 5 nitrogen and oxygen atoms in total. The Kier molecular flexibility index (Phi) is 1.92. The highest BCUT2D eigenvalue weighted by atomic mass is 16.3. The van der Waals surface area contributed by atoms with Gasteiger partial charge in [-0.05, 0) is 6.42 Å². The monoisotopic (exact) mass is 191 g/mol. The van der Waals surface area contributed by atoms with Crippen LogP contribution in [0.3, 0.4) is 0 Å². The van der Waals surface area contributed by atoms with Gasteiger partial charge in [0, 0.05) is 11.8 Å². The maximum atomic E-state index is 11.7. The lowest BCUT2D eigenvalue weighted by atomic mass is 10.2. The summed E-state index contributed by atoms with van der Waals surface area (Å²) in [6, 6.07) is 0. The van der Waals surface area contributed by atoms with Gasteiger partial charge >= 0.3 is 0 Å². The van der Waals surface area contributed by atoms with Gasteiger partial charge in [0.2, 0.25) is 0 Å². The van der Waals surface area contributed by atoms with Crippen molar-refractivity contribution < 1.29 is 5.11 Å². The number of hydrogen-bond donors (Lipinski definition) is 1. The number of fused-ring (bicyclic) bond motifs is 1. The minimum Gasteiger partial charge on any atom is -0.503 e. The van der Waals surface area contributed by atoms with Crippen LogP contribution in [0.25, 0.3) is 5.65 Å². The predicted molar refractivity (Wildman–Crippen MR) is 50.3 cm³/mol. The topological polar surface area (TPSA) is 67.5 Å². The second-order valence-electron chi connectivity index (χ2n) is 2.91. The number of aromatic hydroxyl groups is 1. The van der Waals surface area contributed by atoms with Crippen LogP contribution < -0.4 is 5.56 Å². The highest BCUT2D eigenvalue weighted by Crippen LogP contribution is 2.10. The molecule has 0 aliphatic heterocycles. The fourth-order valence-corrected chi connectivity index (χ4v) is 1.27. The maximum Gasteiger partial charge on any atom is 0.262 e. The van der Waals surface area contributed by atoms with E-state index in [1.165, 1.54) is 23.1 Å². The summed E-state index contributed by atoms with van der Waals surface area (Å²) in [5.41, 5.74) is 0.665. The van der Waals surface area contributed by atoms with Crippen LogP contribution in [-0.4, -0.2) is 19.5 Å². The molecule has 0 unspecified atom stereocenters. The van der Waals surface area contributed by atoms with E-state index in [1.54, 1.807) is 0 Å². The van der Waals surface area contributed by atoms with Crippen molar-refractivity contribution in [2.45, 2.75) is 13.3 Å². The molecule has 0 saturated carbocycles. The molecule has 0 saturated heterocycles. The van der Waals surface area contributed by atoms with Crippen molar-refractivity contribution in [3.8, 4) is 5.75 Å². The van der Waals surface area contributed by atoms with Crippen molar-refractivity contribution in [2.75, 3.05) is 0 Å². The molecule has 0 aliphatic carbocycles. The molecule has 5 heteroatoms. The van der Waals surface area contributed by atoms with E-state index >= 15 is 0 Å². The summed E-state index contributed by atoms with van der Waals surface area (Å²) in [6.07, 6.45) is 4.71. The third-order valence-electron chi connectivity index (χ3n) is 2.05. The molecule has 1 N–H and O–H groups in total.